The highest BCUT2D eigenvalue weighted by atomic mass is 16.5. The number of carbonyl (C=O) groups excluding carboxylic acids is 2. The fraction of sp³-hybridized carbons (Fsp3) is 0.714. The maximum atomic E-state index is 12.5. The molecule has 4 rings (SSSR count). The Bertz CT molecular complexity index is 591. The predicted molar refractivity (Wildman–Crippen MR) is 74.8 cm³/mol. The van der Waals surface area contributed by atoms with E-state index in [0.717, 1.165) is 13.0 Å². The highest BCUT2D eigenvalue weighted by Gasteiger charge is 2.35. The van der Waals surface area contributed by atoms with Crippen LogP contribution in [0, 0.1) is 5.92 Å². The van der Waals surface area contributed by atoms with E-state index in [2.05, 4.69) is 10.3 Å². The molecular weight excluding hydrogens is 286 g/mol. The van der Waals surface area contributed by atoms with E-state index in [1.807, 2.05) is 0 Å². The van der Waals surface area contributed by atoms with Crippen molar-refractivity contribution in [3.05, 3.63) is 11.9 Å². The quantitative estimate of drug-likeness (QED) is 0.775. The van der Waals surface area contributed by atoms with Crippen LogP contribution in [-0.2, 0) is 9.53 Å². The molecule has 0 aromatic carbocycles. The first kappa shape index (κ1) is 13.7. The number of hydrogen-bond donors (Lipinski definition) is 0. The van der Waals surface area contributed by atoms with Gasteiger partial charge < -0.3 is 14.5 Å². The molecule has 1 atom stereocenters. The monoisotopic (exact) mass is 305 g/mol. The van der Waals surface area contributed by atoms with E-state index in [-0.39, 0.29) is 24.4 Å². The molecule has 2 amide bonds. The molecule has 8 heteroatoms. The number of carbonyl (C=O) groups is 2. The van der Waals surface area contributed by atoms with Crippen LogP contribution in [0.1, 0.15) is 35.8 Å². The number of rotatable bonds is 4. The summed E-state index contributed by atoms with van der Waals surface area (Å²) in [5.74, 6) is 0.427. The summed E-state index contributed by atoms with van der Waals surface area (Å²) in [5, 5.41) is 7.99. The number of amides is 2. The van der Waals surface area contributed by atoms with Gasteiger partial charge in [-0.25, -0.2) is 4.68 Å². The summed E-state index contributed by atoms with van der Waals surface area (Å²) < 4.78 is 7.01. The SMILES string of the molecule is O=C1CN(C(=O)c2cn(C3CCOC3)nn2)CN1CC1CC1. The highest BCUT2D eigenvalue weighted by Crippen LogP contribution is 2.30. The molecule has 2 saturated heterocycles. The summed E-state index contributed by atoms with van der Waals surface area (Å²) in [4.78, 5) is 27.8. The lowest BCUT2D eigenvalue weighted by Crippen LogP contribution is -2.32. The summed E-state index contributed by atoms with van der Waals surface area (Å²) >= 11 is 0. The van der Waals surface area contributed by atoms with Crippen molar-refractivity contribution in [1.82, 2.24) is 24.8 Å². The van der Waals surface area contributed by atoms with E-state index in [0.29, 0.717) is 31.5 Å². The molecule has 1 unspecified atom stereocenters. The zero-order chi connectivity index (χ0) is 15.1. The minimum atomic E-state index is -0.225. The molecule has 3 aliphatic rings. The van der Waals surface area contributed by atoms with Gasteiger partial charge in [-0.15, -0.1) is 5.10 Å². The predicted octanol–water partition coefficient (Wildman–Crippen LogP) is -0.109. The van der Waals surface area contributed by atoms with E-state index in [4.69, 9.17) is 4.74 Å². The normalized spacial score (nSPS) is 25.3. The van der Waals surface area contributed by atoms with Crippen LogP contribution in [0.5, 0.6) is 0 Å². The first-order chi connectivity index (χ1) is 10.7. The first-order valence-electron chi connectivity index (χ1n) is 7.77. The highest BCUT2D eigenvalue weighted by molar-refractivity contribution is 5.96. The second-order valence-corrected chi connectivity index (χ2v) is 6.31. The van der Waals surface area contributed by atoms with Crippen molar-refractivity contribution in [2.24, 2.45) is 5.92 Å². The molecule has 118 valence electrons. The van der Waals surface area contributed by atoms with Gasteiger partial charge in [0.1, 0.15) is 6.54 Å². The van der Waals surface area contributed by atoms with Crippen molar-refractivity contribution in [3.8, 4) is 0 Å². The van der Waals surface area contributed by atoms with Crippen LogP contribution in [0.2, 0.25) is 0 Å². The molecule has 22 heavy (non-hydrogen) atoms. The Balaban J connectivity index is 1.42. The molecule has 3 heterocycles. The van der Waals surface area contributed by atoms with Gasteiger partial charge in [-0.05, 0) is 25.2 Å². The topological polar surface area (TPSA) is 80.6 Å². The summed E-state index contributed by atoms with van der Waals surface area (Å²) in [7, 11) is 0. The van der Waals surface area contributed by atoms with Crippen molar-refractivity contribution in [3.63, 3.8) is 0 Å². The number of ether oxygens (including phenoxy) is 1. The minimum Gasteiger partial charge on any atom is -0.379 e. The van der Waals surface area contributed by atoms with E-state index < -0.39 is 0 Å². The third-order valence-electron chi connectivity index (χ3n) is 4.49. The van der Waals surface area contributed by atoms with Crippen molar-refractivity contribution in [2.75, 3.05) is 33.0 Å². The Labute approximate surface area is 128 Å². The van der Waals surface area contributed by atoms with Crippen molar-refractivity contribution in [2.45, 2.75) is 25.3 Å². The average molecular weight is 305 g/mol. The van der Waals surface area contributed by atoms with Gasteiger partial charge in [0.25, 0.3) is 5.91 Å². The summed E-state index contributed by atoms with van der Waals surface area (Å²) in [5.41, 5.74) is 0.299. The Morgan fingerprint density at radius 2 is 2.23 bits per heavy atom. The van der Waals surface area contributed by atoms with Gasteiger partial charge in [-0.3, -0.25) is 9.59 Å². The lowest BCUT2D eigenvalue weighted by molar-refractivity contribution is -0.126. The van der Waals surface area contributed by atoms with Crippen LogP contribution in [0.3, 0.4) is 0 Å². The van der Waals surface area contributed by atoms with Crippen LogP contribution in [0.15, 0.2) is 6.20 Å². The number of hydrogen-bond acceptors (Lipinski definition) is 5. The van der Waals surface area contributed by atoms with Crippen molar-refractivity contribution in [1.29, 1.82) is 0 Å². The molecule has 1 aromatic heterocycles. The van der Waals surface area contributed by atoms with Crippen LogP contribution in [0.4, 0.5) is 0 Å². The number of nitrogens with zero attached hydrogens (tertiary/aromatic N) is 5. The van der Waals surface area contributed by atoms with E-state index in [1.165, 1.54) is 12.8 Å². The molecular formula is C14H19N5O3. The molecule has 2 aliphatic heterocycles. The molecule has 1 aromatic rings. The maximum absolute atomic E-state index is 12.5. The Morgan fingerprint density at radius 1 is 1.36 bits per heavy atom. The van der Waals surface area contributed by atoms with Gasteiger partial charge in [0.2, 0.25) is 5.91 Å². The Hall–Kier alpha value is -1.96. The summed E-state index contributed by atoms with van der Waals surface area (Å²) in [6.45, 7) is 2.60. The second-order valence-electron chi connectivity index (χ2n) is 6.31. The molecule has 0 radical (unpaired) electrons. The third-order valence-corrected chi connectivity index (χ3v) is 4.49. The first-order valence-corrected chi connectivity index (χ1v) is 7.77. The fourth-order valence-corrected chi connectivity index (χ4v) is 2.95. The molecule has 0 bridgehead atoms. The average Bonchev–Trinajstić information content (AvgIpc) is 2.96. The van der Waals surface area contributed by atoms with Gasteiger partial charge >= 0.3 is 0 Å². The van der Waals surface area contributed by atoms with Gasteiger partial charge in [0, 0.05) is 13.2 Å². The van der Waals surface area contributed by atoms with Gasteiger partial charge in [0.05, 0.1) is 25.5 Å². The third kappa shape index (κ3) is 2.58. The van der Waals surface area contributed by atoms with Crippen molar-refractivity contribution >= 4 is 11.8 Å². The number of aromatic nitrogens is 3. The van der Waals surface area contributed by atoms with E-state index >= 15 is 0 Å². The smallest absolute Gasteiger partial charge is 0.277 e. The fourth-order valence-electron chi connectivity index (χ4n) is 2.95. The summed E-state index contributed by atoms with van der Waals surface area (Å²) in [6.07, 6.45) is 4.93. The summed E-state index contributed by atoms with van der Waals surface area (Å²) in [6, 6.07) is 0.153. The van der Waals surface area contributed by atoms with Crippen LogP contribution >= 0.6 is 0 Å². The standard InChI is InChI=1S/C14H19N5O3/c20-13-7-18(9-17(13)5-10-1-2-10)14(21)12-6-19(16-15-12)11-3-4-22-8-11/h6,10-11H,1-5,7-9H2. The lowest BCUT2D eigenvalue weighted by Gasteiger charge is -2.16. The zero-order valence-corrected chi connectivity index (χ0v) is 12.3. The molecule has 3 fully saturated rings. The van der Waals surface area contributed by atoms with E-state index in [1.54, 1.807) is 20.7 Å². The molecule has 0 spiro atoms. The van der Waals surface area contributed by atoms with Gasteiger partial charge in [0.15, 0.2) is 5.69 Å². The minimum absolute atomic E-state index is 0.0248. The largest absolute Gasteiger partial charge is 0.379 e. The van der Waals surface area contributed by atoms with Crippen molar-refractivity contribution < 1.29 is 14.3 Å². The zero-order valence-electron chi connectivity index (χ0n) is 12.3. The Kier molecular flexibility index (Phi) is 3.33. The van der Waals surface area contributed by atoms with Crippen LogP contribution < -0.4 is 0 Å². The van der Waals surface area contributed by atoms with Gasteiger partial charge in [-0.2, -0.15) is 0 Å². The molecule has 8 nitrogen and oxygen atoms in total. The van der Waals surface area contributed by atoms with Crippen LogP contribution in [-0.4, -0.2) is 69.6 Å². The second kappa shape index (κ2) is 5.35. The van der Waals surface area contributed by atoms with Crippen LogP contribution in [0.25, 0.3) is 0 Å². The molecule has 1 aliphatic carbocycles. The van der Waals surface area contributed by atoms with Gasteiger partial charge in [-0.1, -0.05) is 5.21 Å². The lowest BCUT2D eigenvalue weighted by atomic mass is 10.3. The molecule has 1 saturated carbocycles. The molecule has 0 N–H and O–H groups in total. The maximum Gasteiger partial charge on any atom is 0.277 e. The van der Waals surface area contributed by atoms with E-state index in [9.17, 15) is 9.59 Å². The Morgan fingerprint density at radius 3 is 2.95 bits per heavy atom.